The molecule has 1 rings (SSSR count). The fraction of sp³-hybridized carbons (Fsp3) is 0.538. The zero-order valence-electron chi connectivity index (χ0n) is 11.4. The van der Waals surface area contributed by atoms with Crippen LogP contribution in [-0.4, -0.2) is 46.7 Å². The van der Waals surface area contributed by atoms with Gasteiger partial charge in [-0.15, -0.1) is 0 Å². The van der Waals surface area contributed by atoms with Crippen LogP contribution in [0.5, 0.6) is 11.5 Å². The van der Waals surface area contributed by atoms with E-state index < -0.39 is 9.84 Å². The van der Waals surface area contributed by atoms with Crippen LogP contribution in [0.4, 0.5) is 0 Å². The molecule has 108 valence electrons. The first-order valence-corrected chi connectivity index (χ1v) is 8.31. The van der Waals surface area contributed by atoms with E-state index in [0.29, 0.717) is 26.3 Å². The summed E-state index contributed by atoms with van der Waals surface area (Å²) >= 11 is 0. The van der Waals surface area contributed by atoms with E-state index in [4.69, 9.17) is 9.47 Å². The molecular formula is C13H21NO4S. The number of benzene rings is 1. The Morgan fingerprint density at radius 2 is 1.63 bits per heavy atom. The van der Waals surface area contributed by atoms with Crippen LogP contribution >= 0.6 is 0 Å². The molecule has 6 heteroatoms. The molecule has 0 radical (unpaired) electrons. The molecule has 0 aliphatic rings. The molecule has 0 spiro atoms. The van der Waals surface area contributed by atoms with Crippen molar-refractivity contribution in [2.45, 2.75) is 6.92 Å². The largest absolute Gasteiger partial charge is 0.494 e. The molecule has 0 fully saturated rings. The Labute approximate surface area is 114 Å². The van der Waals surface area contributed by atoms with Crippen LogP contribution in [0.3, 0.4) is 0 Å². The zero-order valence-corrected chi connectivity index (χ0v) is 12.2. The Morgan fingerprint density at radius 3 is 2.16 bits per heavy atom. The van der Waals surface area contributed by atoms with E-state index in [2.05, 4.69) is 5.32 Å². The van der Waals surface area contributed by atoms with Gasteiger partial charge in [0, 0.05) is 19.3 Å². The van der Waals surface area contributed by atoms with Crippen LogP contribution in [0.2, 0.25) is 0 Å². The van der Waals surface area contributed by atoms with Gasteiger partial charge in [-0.25, -0.2) is 8.42 Å². The third-order valence-electron chi connectivity index (χ3n) is 2.33. The van der Waals surface area contributed by atoms with Crippen molar-refractivity contribution >= 4 is 9.84 Å². The fourth-order valence-electron chi connectivity index (χ4n) is 1.42. The summed E-state index contributed by atoms with van der Waals surface area (Å²) in [6.45, 7) is 4.14. The molecular weight excluding hydrogens is 266 g/mol. The standard InChI is InChI=1S/C13H21NO4S/c1-3-17-12-4-6-13(7-5-12)18-10-8-14-9-11-19(2,15)16/h4-7,14H,3,8-11H2,1-2H3. The first-order chi connectivity index (χ1) is 9.01. The molecule has 0 bridgehead atoms. The number of nitrogens with one attached hydrogen (secondary N) is 1. The predicted octanol–water partition coefficient (Wildman–Crippen LogP) is 1.10. The minimum atomic E-state index is -2.89. The molecule has 0 aliphatic carbocycles. The maximum absolute atomic E-state index is 10.9. The van der Waals surface area contributed by atoms with E-state index in [9.17, 15) is 8.42 Å². The van der Waals surface area contributed by atoms with Crippen molar-refractivity contribution in [2.24, 2.45) is 0 Å². The van der Waals surface area contributed by atoms with E-state index in [-0.39, 0.29) is 5.75 Å². The SMILES string of the molecule is CCOc1ccc(OCCNCCS(C)(=O)=O)cc1. The number of rotatable bonds is 9. The Kier molecular flexibility index (Phi) is 6.66. The summed E-state index contributed by atoms with van der Waals surface area (Å²) in [6.07, 6.45) is 1.23. The minimum absolute atomic E-state index is 0.149. The van der Waals surface area contributed by atoms with Crippen molar-refractivity contribution in [2.75, 3.05) is 38.3 Å². The van der Waals surface area contributed by atoms with Gasteiger partial charge in [-0.05, 0) is 31.2 Å². The highest BCUT2D eigenvalue weighted by atomic mass is 32.2. The highest BCUT2D eigenvalue weighted by Crippen LogP contribution is 2.17. The molecule has 0 unspecified atom stereocenters. The second kappa shape index (κ2) is 8.01. The first kappa shape index (κ1) is 15.8. The van der Waals surface area contributed by atoms with Crippen LogP contribution < -0.4 is 14.8 Å². The zero-order chi connectivity index (χ0) is 14.1. The minimum Gasteiger partial charge on any atom is -0.494 e. The van der Waals surface area contributed by atoms with Crippen molar-refractivity contribution in [3.8, 4) is 11.5 Å². The van der Waals surface area contributed by atoms with Gasteiger partial charge in [-0.3, -0.25) is 0 Å². The molecule has 0 atom stereocenters. The van der Waals surface area contributed by atoms with Gasteiger partial charge < -0.3 is 14.8 Å². The van der Waals surface area contributed by atoms with Crippen molar-refractivity contribution in [3.63, 3.8) is 0 Å². The molecule has 1 aromatic carbocycles. The number of ether oxygens (including phenoxy) is 2. The summed E-state index contributed by atoms with van der Waals surface area (Å²) < 4.78 is 32.6. The van der Waals surface area contributed by atoms with Crippen molar-refractivity contribution in [1.82, 2.24) is 5.32 Å². The van der Waals surface area contributed by atoms with Crippen molar-refractivity contribution < 1.29 is 17.9 Å². The summed E-state index contributed by atoms with van der Waals surface area (Å²) in [5, 5.41) is 3.02. The summed E-state index contributed by atoms with van der Waals surface area (Å²) in [5.41, 5.74) is 0. The van der Waals surface area contributed by atoms with E-state index in [1.807, 2.05) is 31.2 Å². The topological polar surface area (TPSA) is 64.6 Å². The molecule has 0 heterocycles. The van der Waals surface area contributed by atoms with Gasteiger partial charge in [0.25, 0.3) is 0 Å². The van der Waals surface area contributed by atoms with Crippen LogP contribution in [0.15, 0.2) is 24.3 Å². The lowest BCUT2D eigenvalue weighted by Crippen LogP contribution is -2.26. The Bertz CT molecular complexity index is 456. The van der Waals surface area contributed by atoms with Gasteiger partial charge in [0.1, 0.15) is 27.9 Å². The molecule has 0 aliphatic heterocycles. The summed E-state index contributed by atoms with van der Waals surface area (Å²) in [5.74, 6) is 1.74. The van der Waals surface area contributed by atoms with E-state index in [1.165, 1.54) is 6.26 Å². The highest BCUT2D eigenvalue weighted by molar-refractivity contribution is 7.90. The van der Waals surface area contributed by atoms with Gasteiger partial charge in [-0.2, -0.15) is 0 Å². The predicted molar refractivity (Wildman–Crippen MR) is 75.7 cm³/mol. The van der Waals surface area contributed by atoms with Crippen LogP contribution in [0.25, 0.3) is 0 Å². The monoisotopic (exact) mass is 287 g/mol. The number of hydrogen-bond acceptors (Lipinski definition) is 5. The van der Waals surface area contributed by atoms with E-state index in [1.54, 1.807) is 0 Å². The molecule has 0 aromatic heterocycles. The van der Waals surface area contributed by atoms with Crippen molar-refractivity contribution in [1.29, 1.82) is 0 Å². The number of sulfone groups is 1. The van der Waals surface area contributed by atoms with E-state index >= 15 is 0 Å². The smallest absolute Gasteiger partial charge is 0.148 e. The Hall–Kier alpha value is -1.27. The maximum Gasteiger partial charge on any atom is 0.148 e. The Balaban J connectivity index is 2.15. The average molecular weight is 287 g/mol. The highest BCUT2D eigenvalue weighted by Gasteiger charge is 2.00. The van der Waals surface area contributed by atoms with Gasteiger partial charge in [0.15, 0.2) is 0 Å². The van der Waals surface area contributed by atoms with Crippen LogP contribution in [-0.2, 0) is 9.84 Å². The molecule has 1 N–H and O–H groups in total. The first-order valence-electron chi connectivity index (χ1n) is 6.25. The average Bonchev–Trinajstić information content (AvgIpc) is 2.35. The molecule has 1 aromatic rings. The quantitative estimate of drug-likeness (QED) is 0.689. The molecule has 19 heavy (non-hydrogen) atoms. The third kappa shape index (κ3) is 7.69. The normalized spacial score (nSPS) is 11.3. The van der Waals surface area contributed by atoms with Crippen LogP contribution in [0.1, 0.15) is 6.92 Å². The fourth-order valence-corrected chi connectivity index (χ4v) is 1.94. The van der Waals surface area contributed by atoms with Gasteiger partial charge >= 0.3 is 0 Å². The lowest BCUT2D eigenvalue weighted by atomic mass is 10.3. The Morgan fingerprint density at radius 1 is 1.05 bits per heavy atom. The number of hydrogen-bond donors (Lipinski definition) is 1. The summed E-state index contributed by atoms with van der Waals surface area (Å²) in [6, 6.07) is 7.41. The molecule has 0 amide bonds. The molecule has 5 nitrogen and oxygen atoms in total. The van der Waals surface area contributed by atoms with Crippen LogP contribution in [0, 0.1) is 0 Å². The van der Waals surface area contributed by atoms with E-state index in [0.717, 1.165) is 11.5 Å². The summed E-state index contributed by atoms with van der Waals surface area (Å²) in [7, 11) is -2.89. The maximum atomic E-state index is 10.9. The second-order valence-corrected chi connectivity index (χ2v) is 6.39. The molecule has 0 saturated carbocycles. The lowest BCUT2D eigenvalue weighted by molar-refractivity contribution is 0.312. The molecule has 0 saturated heterocycles. The second-order valence-electron chi connectivity index (χ2n) is 4.13. The third-order valence-corrected chi connectivity index (χ3v) is 3.28. The van der Waals surface area contributed by atoms with Gasteiger partial charge in [0.05, 0.1) is 12.4 Å². The summed E-state index contributed by atoms with van der Waals surface area (Å²) in [4.78, 5) is 0. The van der Waals surface area contributed by atoms with Crippen molar-refractivity contribution in [3.05, 3.63) is 24.3 Å². The van der Waals surface area contributed by atoms with Gasteiger partial charge in [0.2, 0.25) is 0 Å². The lowest BCUT2D eigenvalue weighted by Gasteiger charge is -2.08. The van der Waals surface area contributed by atoms with Gasteiger partial charge in [-0.1, -0.05) is 0 Å².